The Morgan fingerprint density at radius 2 is 1.74 bits per heavy atom. The maximum atomic E-state index is 13.5. The molecule has 0 unspecified atom stereocenters. The molecule has 0 aromatic heterocycles. The largest absolute Gasteiger partial charge is 0.398 e. The lowest BCUT2D eigenvalue weighted by Crippen LogP contribution is -2.13. The average Bonchev–Trinajstić information content (AvgIpc) is 2.35. The molecule has 0 bridgehead atoms. The minimum Gasteiger partial charge on any atom is -0.398 e. The SMILES string of the molecule is NC(=O)c1cc(Nc2c(F)cccc2F)ccc1N. The molecule has 2 rings (SSSR count). The number of rotatable bonds is 3. The molecule has 0 radical (unpaired) electrons. The zero-order valence-electron chi connectivity index (χ0n) is 9.78. The minimum atomic E-state index is -0.738. The summed E-state index contributed by atoms with van der Waals surface area (Å²) in [4.78, 5) is 11.1. The van der Waals surface area contributed by atoms with Gasteiger partial charge in [-0.15, -0.1) is 0 Å². The normalized spacial score (nSPS) is 10.2. The molecule has 0 aliphatic carbocycles. The first-order chi connectivity index (χ1) is 8.99. The lowest BCUT2D eigenvalue weighted by Gasteiger charge is -2.10. The summed E-state index contributed by atoms with van der Waals surface area (Å²) < 4.78 is 26.9. The van der Waals surface area contributed by atoms with Crippen LogP contribution in [0.5, 0.6) is 0 Å². The summed E-state index contributed by atoms with van der Waals surface area (Å²) in [5, 5.41) is 2.55. The van der Waals surface area contributed by atoms with Crippen molar-refractivity contribution in [3.63, 3.8) is 0 Å². The maximum Gasteiger partial charge on any atom is 0.250 e. The number of carbonyl (C=O) groups is 1. The quantitative estimate of drug-likeness (QED) is 0.744. The number of hydrogen-bond donors (Lipinski definition) is 3. The number of halogens is 2. The third-order valence-electron chi connectivity index (χ3n) is 2.55. The van der Waals surface area contributed by atoms with E-state index in [2.05, 4.69) is 5.32 Å². The van der Waals surface area contributed by atoms with Crippen molar-refractivity contribution < 1.29 is 13.6 Å². The number of anilines is 3. The van der Waals surface area contributed by atoms with Gasteiger partial charge in [0.15, 0.2) is 0 Å². The number of carbonyl (C=O) groups excluding carboxylic acids is 1. The van der Waals surface area contributed by atoms with Crippen LogP contribution in [0.25, 0.3) is 0 Å². The van der Waals surface area contributed by atoms with Gasteiger partial charge in [0.05, 0.1) is 5.56 Å². The zero-order valence-corrected chi connectivity index (χ0v) is 9.78. The van der Waals surface area contributed by atoms with E-state index in [1.807, 2.05) is 0 Å². The fourth-order valence-corrected chi connectivity index (χ4v) is 1.61. The first-order valence-electron chi connectivity index (χ1n) is 5.39. The second kappa shape index (κ2) is 4.93. The van der Waals surface area contributed by atoms with Crippen LogP contribution in [0, 0.1) is 11.6 Å². The summed E-state index contributed by atoms with van der Waals surface area (Å²) in [6.45, 7) is 0. The highest BCUT2D eigenvalue weighted by atomic mass is 19.1. The molecule has 98 valence electrons. The van der Waals surface area contributed by atoms with E-state index in [0.29, 0.717) is 5.69 Å². The second-order valence-electron chi connectivity index (χ2n) is 3.89. The molecule has 5 N–H and O–H groups in total. The van der Waals surface area contributed by atoms with Crippen molar-refractivity contribution in [2.24, 2.45) is 5.73 Å². The van der Waals surface area contributed by atoms with Crippen LogP contribution in [0.1, 0.15) is 10.4 Å². The molecule has 0 fully saturated rings. The standard InChI is InChI=1S/C13H11F2N3O/c14-9-2-1-3-10(15)12(9)18-7-4-5-11(16)8(6-7)13(17)19/h1-6,18H,16H2,(H2,17,19). The fourth-order valence-electron chi connectivity index (χ4n) is 1.61. The van der Waals surface area contributed by atoms with Crippen LogP contribution in [-0.2, 0) is 0 Å². The highest BCUT2D eigenvalue weighted by Gasteiger charge is 2.11. The zero-order chi connectivity index (χ0) is 14.0. The van der Waals surface area contributed by atoms with Crippen LogP contribution in [0.2, 0.25) is 0 Å². The Morgan fingerprint density at radius 3 is 2.32 bits per heavy atom. The monoisotopic (exact) mass is 263 g/mol. The Morgan fingerprint density at radius 1 is 1.11 bits per heavy atom. The smallest absolute Gasteiger partial charge is 0.250 e. The molecular formula is C13H11F2N3O. The van der Waals surface area contributed by atoms with Gasteiger partial charge in [-0.3, -0.25) is 4.79 Å². The molecule has 0 atom stereocenters. The number of primary amides is 1. The van der Waals surface area contributed by atoms with Crippen molar-refractivity contribution in [1.82, 2.24) is 0 Å². The van der Waals surface area contributed by atoms with Crippen molar-refractivity contribution in [2.75, 3.05) is 11.1 Å². The van der Waals surface area contributed by atoms with Crippen LogP contribution in [-0.4, -0.2) is 5.91 Å². The van der Waals surface area contributed by atoms with E-state index in [0.717, 1.165) is 12.1 Å². The third kappa shape index (κ3) is 2.62. The topological polar surface area (TPSA) is 81.1 Å². The van der Waals surface area contributed by atoms with E-state index >= 15 is 0 Å². The maximum absolute atomic E-state index is 13.5. The lowest BCUT2D eigenvalue weighted by atomic mass is 10.1. The third-order valence-corrected chi connectivity index (χ3v) is 2.55. The molecule has 0 aliphatic heterocycles. The van der Waals surface area contributed by atoms with Gasteiger partial charge in [-0.25, -0.2) is 8.78 Å². The molecule has 19 heavy (non-hydrogen) atoms. The predicted octanol–water partition coefficient (Wildman–Crippen LogP) is 2.39. The Kier molecular flexibility index (Phi) is 3.33. The second-order valence-corrected chi connectivity index (χ2v) is 3.89. The minimum absolute atomic E-state index is 0.0850. The molecule has 0 heterocycles. The van der Waals surface area contributed by atoms with Gasteiger partial charge in [-0.1, -0.05) is 6.07 Å². The Hall–Kier alpha value is -2.63. The van der Waals surface area contributed by atoms with Crippen molar-refractivity contribution in [2.45, 2.75) is 0 Å². The van der Waals surface area contributed by atoms with Crippen LogP contribution >= 0.6 is 0 Å². The van der Waals surface area contributed by atoms with Crippen molar-refractivity contribution in [3.8, 4) is 0 Å². The van der Waals surface area contributed by atoms with Gasteiger partial charge < -0.3 is 16.8 Å². The summed E-state index contributed by atoms with van der Waals surface area (Å²) in [7, 11) is 0. The van der Waals surface area contributed by atoms with E-state index in [1.54, 1.807) is 0 Å². The first-order valence-corrected chi connectivity index (χ1v) is 5.39. The van der Waals surface area contributed by atoms with Gasteiger partial charge in [-0.05, 0) is 30.3 Å². The highest BCUT2D eigenvalue weighted by molar-refractivity contribution is 5.99. The molecule has 0 saturated heterocycles. The molecule has 6 heteroatoms. The first kappa shape index (κ1) is 12.8. The highest BCUT2D eigenvalue weighted by Crippen LogP contribution is 2.25. The van der Waals surface area contributed by atoms with E-state index in [1.165, 1.54) is 24.3 Å². The summed E-state index contributed by atoms with van der Waals surface area (Å²) in [6.07, 6.45) is 0. The number of benzene rings is 2. The number of para-hydroxylation sites is 1. The Bertz CT molecular complexity index is 624. The number of nitrogens with one attached hydrogen (secondary N) is 1. The molecule has 2 aromatic carbocycles. The average molecular weight is 263 g/mol. The number of nitrogen functional groups attached to an aromatic ring is 1. The van der Waals surface area contributed by atoms with Crippen LogP contribution in [0.15, 0.2) is 36.4 Å². The summed E-state index contributed by atoms with van der Waals surface area (Å²) in [5.74, 6) is -2.19. The van der Waals surface area contributed by atoms with Gasteiger partial charge in [0, 0.05) is 11.4 Å². The van der Waals surface area contributed by atoms with Crippen molar-refractivity contribution in [1.29, 1.82) is 0 Å². The number of amides is 1. The lowest BCUT2D eigenvalue weighted by molar-refractivity contribution is 0.100. The van der Waals surface area contributed by atoms with Gasteiger partial charge in [0.25, 0.3) is 5.91 Å². The van der Waals surface area contributed by atoms with Crippen LogP contribution < -0.4 is 16.8 Å². The van der Waals surface area contributed by atoms with E-state index < -0.39 is 17.5 Å². The van der Waals surface area contributed by atoms with E-state index in [4.69, 9.17) is 11.5 Å². The van der Waals surface area contributed by atoms with E-state index in [9.17, 15) is 13.6 Å². The molecule has 0 saturated carbocycles. The molecule has 0 aliphatic rings. The number of nitrogens with two attached hydrogens (primary N) is 2. The van der Waals surface area contributed by atoms with Gasteiger partial charge in [-0.2, -0.15) is 0 Å². The Balaban J connectivity index is 2.39. The van der Waals surface area contributed by atoms with Gasteiger partial charge >= 0.3 is 0 Å². The number of hydrogen-bond acceptors (Lipinski definition) is 3. The van der Waals surface area contributed by atoms with Gasteiger partial charge in [0.2, 0.25) is 0 Å². The summed E-state index contributed by atoms with van der Waals surface area (Å²) in [6, 6.07) is 7.77. The van der Waals surface area contributed by atoms with Gasteiger partial charge in [0.1, 0.15) is 17.3 Å². The molecule has 2 aromatic rings. The Labute approximate surface area is 108 Å². The molecule has 0 spiro atoms. The molecule has 4 nitrogen and oxygen atoms in total. The fraction of sp³-hybridized carbons (Fsp3) is 0. The van der Waals surface area contributed by atoms with Crippen molar-refractivity contribution in [3.05, 3.63) is 53.6 Å². The molecule has 1 amide bonds. The summed E-state index contributed by atoms with van der Waals surface area (Å²) in [5.41, 5.74) is 11.0. The molecular weight excluding hydrogens is 252 g/mol. The van der Waals surface area contributed by atoms with E-state index in [-0.39, 0.29) is 16.9 Å². The van der Waals surface area contributed by atoms with Crippen molar-refractivity contribution >= 4 is 23.0 Å². The summed E-state index contributed by atoms with van der Waals surface area (Å²) >= 11 is 0. The predicted molar refractivity (Wildman–Crippen MR) is 69.0 cm³/mol. The van der Waals surface area contributed by atoms with Crippen LogP contribution in [0.3, 0.4) is 0 Å². The van der Waals surface area contributed by atoms with Crippen LogP contribution in [0.4, 0.5) is 25.8 Å².